The van der Waals surface area contributed by atoms with Gasteiger partial charge in [-0.3, -0.25) is 14.4 Å². The minimum Gasteiger partial charge on any atom is -0.507 e. The third kappa shape index (κ3) is 6.07. The molecular formula is C21H19F3N2O7. The number of esters is 1. The van der Waals surface area contributed by atoms with Crippen molar-refractivity contribution in [2.24, 2.45) is 5.73 Å². The number of carboxylic acids is 1. The molecule has 0 aromatic heterocycles. The van der Waals surface area contributed by atoms with E-state index >= 15 is 0 Å². The molecule has 0 bridgehead atoms. The molecule has 12 heteroatoms. The lowest BCUT2D eigenvalue weighted by molar-refractivity contribution is -0.192. The number of carboxylic acid groups (broad SMARTS) is 1. The number of carbonyl (C=O) groups is 4. The Morgan fingerprint density at radius 2 is 1.55 bits per heavy atom. The Morgan fingerprint density at radius 1 is 1.00 bits per heavy atom. The fraction of sp³-hybridized carbons (Fsp3) is 0.238. The molecule has 33 heavy (non-hydrogen) atoms. The van der Waals surface area contributed by atoms with E-state index in [9.17, 15) is 32.7 Å². The SMILES string of the molecule is NCC(=O)OCCCNc1ccc(O)c2c1C(=O)c1ccccc1C2=O.O=C(O)C(F)(F)F. The minimum atomic E-state index is -5.08. The number of halogens is 3. The predicted molar refractivity (Wildman–Crippen MR) is 108 cm³/mol. The highest BCUT2D eigenvalue weighted by Crippen LogP contribution is 2.36. The topological polar surface area (TPSA) is 156 Å². The Bertz CT molecular complexity index is 1080. The molecule has 1 aliphatic carbocycles. The molecule has 1 aliphatic rings. The molecule has 0 spiro atoms. The summed E-state index contributed by atoms with van der Waals surface area (Å²) in [5, 5.41) is 20.3. The molecule has 2 aromatic carbocycles. The van der Waals surface area contributed by atoms with Crippen LogP contribution in [-0.2, 0) is 14.3 Å². The second-order valence-corrected chi connectivity index (χ2v) is 6.59. The zero-order valence-corrected chi connectivity index (χ0v) is 16.9. The molecule has 0 saturated heterocycles. The van der Waals surface area contributed by atoms with Gasteiger partial charge in [-0.2, -0.15) is 13.2 Å². The van der Waals surface area contributed by atoms with E-state index in [1.54, 1.807) is 30.3 Å². The van der Waals surface area contributed by atoms with Crippen LogP contribution < -0.4 is 11.1 Å². The molecule has 0 radical (unpaired) electrons. The molecule has 0 amide bonds. The highest BCUT2D eigenvalue weighted by Gasteiger charge is 2.38. The molecule has 2 aromatic rings. The van der Waals surface area contributed by atoms with Crippen molar-refractivity contribution >= 4 is 29.2 Å². The summed E-state index contributed by atoms with van der Waals surface area (Å²) >= 11 is 0. The molecule has 5 N–H and O–H groups in total. The molecule has 0 fully saturated rings. The number of nitrogens with one attached hydrogen (secondary N) is 1. The average molecular weight is 468 g/mol. The molecule has 0 heterocycles. The molecule has 176 valence electrons. The number of ether oxygens (including phenoxy) is 1. The van der Waals surface area contributed by atoms with Gasteiger partial charge in [0.1, 0.15) is 5.75 Å². The zero-order chi connectivity index (χ0) is 24.8. The van der Waals surface area contributed by atoms with Crippen LogP contribution >= 0.6 is 0 Å². The van der Waals surface area contributed by atoms with E-state index in [0.717, 1.165) is 0 Å². The Morgan fingerprint density at radius 3 is 2.06 bits per heavy atom. The monoisotopic (exact) mass is 468 g/mol. The van der Waals surface area contributed by atoms with E-state index in [4.69, 9.17) is 20.4 Å². The number of aromatic hydroxyl groups is 1. The quantitative estimate of drug-likeness (QED) is 0.242. The van der Waals surface area contributed by atoms with Crippen LogP contribution in [0, 0.1) is 0 Å². The van der Waals surface area contributed by atoms with E-state index in [2.05, 4.69) is 5.32 Å². The van der Waals surface area contributed by atoms with Crippen LogP contribution in [0.4, 0.5) is 18.9 Å². The maximum Gasteiger partial charge on any atom is 0.490 e. The first-order valence-corrected chi connectivity index (χ1v) is 9.43. The number of phenolic OH excluding ortho intramolecular Hbond substituents is 1. The highest BCUT2D eigenvalue weighted by atomic mass is 19.4. The molecular weight excluding hydrogens is 449 g/mol. The Balaban J connectivity index is 0.000000479. The van der Waals surface area contributed by atoms with Gasteiger partial charge in [0, 0.05) is 23.4 Å². The van der Waals surface area contributed by atoms with Gasteiger partial charge in [-0.05, 0) is 18.6 Å². The Kier molecular flexibility index (Phi) is 8.13. The number of hydrogen-bond acceptors (Lipinski definition) is 8. The molecule has 0 atom stereocenters. The van der Waals surface area contributed by atoms with Gasteiger partial charge in [0.15, 0.2) is 11.6 Å². The number of anilines is 1. The number of alkyl halides is 3. The van der Waals surface area contributed by atoms with Crippen LogP contribution in [-0.4, -0.2) is 59.6 Å². The van der Waals surface area contributed by atoms with Crippen LogP contribution in [0.25, 0.3) is 0 Å². The standard InChI is InChI=1S/C19H18N2O5.C2HF3O2/c20-10-15(23)26-9-3-8-21-13-6-7-14(22)17-16(13)18(24)11-4-1-2-5-12(11)19(17)25;3-2(4,5)1(6)7/h1-2,4-7,21-22H,3,8-10,20H2;(H,6,7). The summed E-state index contributed by atoms with van der Waals surface area (Å²) in [5.74, 6) is -4.16. The summed E-state index contributed by atoms with van der Waals surface area (Å²) in [7, 11) is 0. The summed E-state index contributed by atoms with van der Waals surface area (Å²) in [6.45, 7) is 0.437. The van der Waals surface area contributed by atoms with E-state index < -0.39 is 18.1 Å². The second-order valence-electron chi connectivity index (χ2n) is 6.59. The summed E-state index contributed by atoms with van der Waals surface area (Å²) in [4.78, 5) is 45.4. The van der Waals surface area contributed by atoms with Crippen LogP contribution in [0.2, 0.25) is 0 Å². The van der Waals surface area contributed by atoms with Crippen molar-refractivity contribution in [3.63, 3.8) is 0 Å². The first-order chi connectivity index (χ1) is 15.5. The second kappa shape index (κ2) is 10.6. The molecule has 3 rings (SSSR count). The lowest BCUT2D eigenvalue weighted by Crippen LogP contribution is -2.23. The van der Waals surface area contributed by atoms with Gasteiger partial charge in [-0.1, -0.05) is 24.3 Å². The minimum absolute atomic E-state index is 0.00765. The Labute approximate surface area is 185 Å². The molecule has 0 unspecified atom stereocenters. The average Bonchev–Trinajstić information content (AvgIpc) is 2.77. The van der Waals surface area contributed by atoms with Crippen molar-refractivity contribution in [1.29, 1.82) is 0 Å². The normalized spacial score (nSPS) is 12.1. The van der Waals surface area contributed by atoms with Crippen molar-refractivity contribution < 1.29 is 47.3 Å². The van der Waals surface area contributed by atoms with Gasteiger partial charge < -0.3 is 26.0 Å². The largest absolute Gasteiger partial charge is 0.507 e. The fourth-order valence-electron chi connectivity index (χ4n) is 2.89. The van der Waals surface area contributed by atoms with Gasteiger partial charge in [-0.25, -0.2) is 4.79 Å². The summed E-state index contributed by atoms with van der Waals surface area (Å²) in [5.41, 5.74) is 6.37. The van der Waals surface area contributed by atoms with Crippen molar-refractivity contribution in [2.45, 2.75) is 12.6 Å². The van der Waals surface area contributed by atoms with Gasteiger partial charge in [0.2, 0.25) is 0 Å². The number of rotatable bonds is 6. The zero-order valence-electron chi connectivity index (χ0n) is 16.9. The maximum absolute atomic E-state index is 12.9. The number of nitrogens with two attached hydrogens (primary N) is 1. The van der Waals surface area contributed by atoms with Crippen LogP contribution in [0.5, 0.6) is 5.75 Å². The van der Waals surface area contributed by atoms with Gasteiger partial charge >= 0.3 is 18.1 Å². The summed E-state index contributed by atoms with van der Waals surface area (Å²) in [6.07, 6.45) is -4.58. The Hall–Kier alpha value is -3.93. The van der Waals surface area contributed by atoms with Crippen molar-refractivity contribution in [3.05, 3.63) is 58.7 Å². The van der Waals surface area contributed by atoms with Gasteiger partial charge in [0.25, 0.3) is 0 Å². The number of aliphatic carboxylic acids is 1. The first-order valence-electron chi connectivity index (χ1n) is 9.43. The van der Waals surface area contributed by atoms with E-state index in [0.29, 0.717) is 24.2 Å². The first kappa shape index (κ1) is 25.3. The fourth-order valence-corrected chi connectivity index (χ4v) is 2.89. The number of phenols is 1. The van der Waals surface area contributed by atoms with Crippen molar-refractivity contribution in [2.75, 3.05) is 25.0 Å². The van der Waals surface area contributed by atoms with E-state index in [1.807, 2.05) is 0 Å². The predicted octanol–water partition coefficient (Wildman–Crippen LogP) is 2.10. The number of fused-ring (bicyclic) bond motifs is 2. The van der Waals surface area contributed by atoms with E-state index in [1.165, 1.54) is 6.07 Å². The molecule has 0 saturated carbocycles. The van der Waals surface area contributed by atoms with Gasteiger partial charge in [0.05, 0.1) is 24.3 Å². The van der Waals surface area contributed by atoms with Crippen molar-refractivity contribution in [3.8, 4) is 5.75 Å². The summed E-state index contributed by atoms with van der Waals surface area (Å²) in [6, 6.07) is 9.48. The maximum atomic E-state index is 12.9. The lowest BCUT2D eigenvalue weighted by Gasteiger charge is -2.21. The molecule has 0 aliphatic heterocycles. The number of hydrogen-bond donors (Lipinski definition) is 4. The third-order valence-electron chi connectivity index (χ3n) is 4.36. The van der Waals surface area contributed by atoms with Crippen LogP contribution in [0.15, 0.2) is 36.4 Å². The third-order valence-corrected chi connectivity index (χ3v) is 4.36. The lowest BCUT2D eigenvalue weighted by atomic mass is 9.82. The van der Waals surface area contributed by atoms with Crippen LogP contribution in [0.1, 0.15) is 38.3 Å². The highest BCUT2D eigenvalue weighted by molar-refractivity contribution is 6.31. The van der Waals surface area contributed by atoms with Crippen LogP contribution in [0.3, 0.4) is 0 Å². The number of benzene rings is 2. The molecule has 9 nitrogen and oxygen atoms in total. The van der Waals surface area contributed by atoms with Gasteiger partial charge in [-0.15, -0.1) is 0 Å². The number of carbonyl (C=O) groups excluding carboxylic acids is 3. The number of ketones is 2. The van der Waals surface area contributed by atoms with E-state index in [-0.39, 0.29) is 47.2 Å². The van der Waals surface area contributed by atoms with Crippen molar-refractivity contribution in [1.82, 2.24) is 0 Å². The summed E-state index contributed by atoms with van der Waals surface area (Å²) < 4.78 is 36.6. The smallest absolute Gasteiger partial charge is 0.490 e.